The third-order valence-electron chi connectivity index (χ3n) is 6.75. The van der Waals surface area contributed by atoms with Crippen molar-refractivity contribution in [2.24, 2.45) is 0 Å². The van der Waals surface area contributed by atoms with Crippen LogP contribution < -0.4 is 10.1 Å². The zero-order chi connectivity index (χ0) is 30.3. The zero-order valence-electron chi connectivity index (χ0n) is 25.1. The van der Waals surface area contributed by atoms with Crippen LogP contribution in [0.3, 0.4) is 0 Å². The standard InChI is InChI=1S/C34H40N2O5/c1-34(2,3)35-32(39)31(28-14-9-10-15-29(28)41-23-11-5-8-16-30(37)38)36(27-21-22-27)33(40)26-19-17-25(18-20-26)24-12-6-4-7-13-24/h4,6-7,9-10,12-15,17-20,27,31H,5,8,11,16,21-23H2,1-3H3,(H,35,39)(H,37,38)/i31D. The summed E-state index contributed by atoms with van der Waals surface area (Å²) in [5, 5.41) is 11.8. The van der Waals surface area contributed by atoms with Gasteiger partial charge in [0.15, 0.2) is 0 Å². The first-order valence-electron chi connectivity index (χ1n) is 14.8. The number of amides is 2. The van der Waals surface area contributed by atoms with E-state index in [1.165, 1.54) is 4.90 Å². The van der Waals surface area contributed by atoms with Crippen molar-refractivity contribution in [2.45, 2.75) is 76.9 Å². The van der Waals surface area contributed by atoms with Crippen molar-refractivity contribution >= 4 is 17.8 Å². The van der Waals surface area contributed by atoms with E-state index in [-0.39, 0.29) is 18.4 Å². The molecular formula is C34H40N2O5. The highest BCUT2D eigenvalue weighted by Crippen LogP contribution is 2.39. The fourth-order valence-electron chi connectivity index (χ4n) is 4.64. The van der Waals surface area contributed by atoms with Crippen LogP contribution in [0.5, 0.6) is 5.75 Å². The Labute approximate surface area is 243 Å². The Kier molecular flexibility index (Phi) is 9.34. The van der Waals surface area contributed by atoms with Crippen LogP contribution in [0.4, 0.5) is 0 Å². The molecule has 4 rings (SSSR count). The number of aliphatic carboxylic acids is 1. The summed E-state index contributed by atoms with van der Waals surface area (Å²) in [6.45, 7) is 5.83. The van der Waals surface area contributed by atoms with Gasteiger partial charge >= 0.3 is 5.97 Å². The van der Waals surface area contributed by atoms with Crippen LogP contribution in [0.15, 0.2) is 78.9 Å². The Morgan fingerprint density at radius 2 is 1.56 bits per heavy atom. The van der Waals surface area contributed by atoms with Crippen LogP contribution in [-0.4, -0.2) is 46.0 Å². The highest BCUT2D eigenvalue weighted by atomic mass is 16.5. The Balaban J connectivity index is 1.68. The maximum absolute atomic E-state index is 14.2. The van der Waals surface area contributed by atoms with Gasteiger partial charge in [-0.05, 0) is 82.2 Å². The summed E-state index contributed by atoms with van der Waals surface area (Å²) >= 11 is 0. The van der Waals surface area contributed by atoms with Crippen LogP contribution in [-0.2, 0) is 9.59 Å². The summed E-state index contributed by atoms with van der Waals surface area (Å²) in [6.07, 6.45) is 3.35. The molecule has 0 aliphatic heterocycles. The van der Waals surface area contributed by atoms with E-state index in [9.17, 15) is 15.8 Å². The van der Waals surface area contributed by atoms with Crippen LogP contribution in [0, 0.1) is 0 Å². The molecule has 3 aromatic carbocycles. The summed E-state index contributed by atoms with van der Waals surface area (Å²) < 4.78 is 15.9. The van der Waals surface area contributed by atoms with Gasteiger partial charge < -0.3 is 20.1 Å². The Morgan fingerprint density at radius 1 is 0.927 bits per heavy atom. The largest absolute Gasteiger partial charge is 0.493 e. The maximum atomic E-state index is 14.2. The summed E-state index contributed by atoms with van der Waals surface area (Å²) in [6, 6.07) is 21.7. The minimum Gasteiger partial charge on any atom is -0.493 e. The van der Waals surface area contributed by atoms with Crippen molar-refractivity contribution < 1.29 is 25.6 Å². The van der Waals surface area contributed by atoms with Gasteiger partial charge in [0, 0.05) is 29.1 Å². The Bertz CT molecular complexity index is 1380. The van der Waals surface area contributed by atoms with Gasteiger partial charge in [0.05, 0.1) is 7.98 Å². The molecule has 1 fully saturated rings. The fourth-order valence-corrected chi connectivity index (χ4v) is 4.64. The van der Waals surface area contributed by atoms with E-state index in [4.69, 9.17) is 9.84 Å². The van der Waals surface area contributed by atoms with Gasteiger partial charge in [-0.3, -0.25) is 14.4 Å². The first kappa shape index (κ1) is 28.4. The molecule has 1 atom stereocenters. The SMILES string of the molecule is [2H]C(C(=O)NC(C)(C)C)(c1ccccc1OCCCCCC(=O)O)N(C(=O)c1ccc(-c2ccccc2)cc1)C1CC1. The van der Waals surface area contributed by atoms with E-state index < -0.39 is 23.4 Å². The number of unbranched alkanes of at least 4 members (excludes halogenated alkanes) is 2. The second kappa shape index (κ2) is 13.5. The fraction of sp³-hybridized carbons (Fsp3) is 0.382. The molecule has 1 saturated carbocycles. The summed E-state index contributed by atoms with van der Waals surface area (Å²) in [5.74, 6) is -1.47. The van der Waals surface area contributed by atoms with Crippen molar-refractivity contribution in [2.75, 3.05) is 6.61 Å². The van der Waals surface area contributed by atoms with Crippen molar-refractivity contribution in [3.8, 4) is 16.9 Å². The Hall–Kier alpha value is -4.13. The van der Waals surface area contributed by atoms with E-state index in [1.807, 2.05) is 63.2 Å². The molecule has 2 N–H and O–H groups in total. The maximum Gasteiger partial charge on any atom is 0.303 e. The average Bonchev–Trinajstić information content (AvgIpc) is 3.79. The van der Waals surface area contributed by atoms with Crippen LogP contribution in [0.2, 0.25) is 0 Å². The zero-order valence-corrected chi connectivity index (χ0v) is 24.1. The highest BCUT2D eigenvalue weighted by molar-refractivity contribution is 5.99. The second-order valence-electron chi connectivity index (χ2n) is 11.5. The van der Waals surface area contributed by atoms with Gasteiger partial charge in [0.1, 0.15) is 11.8 Å². The molecule has 1 aliphatic carbocycles. The smallest absolute Gasteiger partial charge is 0.303 e. The minimum atomic E-state index is -2.09. The van der Waals surface area contributed by atoms with E-state index >= 15 is 0 Å². The van der Waals surface area contributed by atoms with Gasteiger partial charge in [-0.2, -0.15) is 0 Å². The quantitative estimate of drug-likeness (QED) is 0.230. The number of nitrogens with one attached hydrogen (secondary N) is 1. The molecule has 1 unspecified atom stereocenters. The number of rotatable bonds is 13. The number of carbonyl (C=O) groups is 3. The molecule has 0 spiro atoms. The van der Waals surface area contributed by atoms with Crippen molar-refractivity contribution in [3.05, 3.63) is 90.0 Å². The van der Waals surface area contributed by atoms with Crippen LogP contribution in [0.1, 0.15) is 82.6 Å². The number of para-hydroxylation sites is 1. The predicted molar refractivity (Wildman–Crippen MR) is 160 cm³/mol. The van der Waals surface area contributed by atoms with Crippen molar-refractivity contribution in [1.82, 2.24) is 10.2 Å². The molecule has 2 amide bonds. The summed E-state index contributed by atoms with van der Waals surface area (Å²) in [5.41, 5.74) is 2.05. The molecule has 1 aliphatic rings. The molecule has 216 valence electrons. The summed E-state index contributed by atoms with van der Waals surface area (Å²) in [4.78, 5) is 40.5. The number of hydrogen-bond donors (Lipinski definition) is 2. The molecule has 7 heteroatoms. The number of carboxylic acid groups (broad SMARTS) is 1. The van der Waals surface area contributed by atoms with Crippen LogP contribution >= 0.6 is 0 Å². The van der Waals surface area contributed by atoms with E-state index in [0.29, 0.717) is 55.6 Å². The van der Waals surface area contributed by atoms with Gasteiger partial charge in [-0.15, -0.1) is 0 Å². The minimum absolute atomic E-state index is 0.101. The van der Waals surface area contributed by atoms with Gasteiger partial charge in [0.25, 0.3) is 5.91 Å². The number of hydrogen-bond acceptors (Lipinski definition) is 4. The second-order valence-corrected chi connectivity index (χ2v) is 11.5. The van der Waals surface area contributed by atoms with E-state index in [0.717, 1.165) is 11.1 Å². The average molecular weight is 558 g/mol. The van der Waals surface area contributed by atoms with Crippen molar-refractivity contribution in [3.63, 3.8) is 0 Å². The number of ether oxygens (including phenoxy) is 1. The third-order valence-corrected chi connectivity index (χ3v) is 6.75. The molecule has 0 saturated heterocycles. The van der Waals surface area contributed by atoms with Gasteiger partial charge in [-0.1, -0.05) is 60.7 Å². The molecule has 0 radical (unpaired) electrons. The molecule has 0 heterocycles. The lowest BCUT2D eigenvalue weighted by molar-refractivity contribution is -0.137. The molecule has 0 aromatic heterocycles. The lowest BCUT2D eigenvalue weighted by Crippen LogP contribution is -2.50. The van der Waals surface area contributed by atoms with Gasteiger partial charge in [0.2, 0.25) is 5.91 Å². The first-order chi connectivity index (χ1) is 20.0. The Morgan fingerprint density at radius 3 is 2.20 bits per heavy atom. The third kappa shape index (κ3) is 8.43. The highest BCUT2D eigenvalue weighted by Gasteiger charge is 2.43. The molecule has 7 nitrogen and oxygen atoms in total. The summed E-state index contributed by atoms with van der Waals surface area (Å²) in [7, 11) is 0. The van der Waals surface area contributed by atoms with E-state index in [1.54, 1.807) is 36.4 Å². The topological polar surface area (TPSA) is 95.9 Å². The normalized spacial score (nSPS) is 14.9. The van der Waals surface area contributed by atoms with Crippen molar-refractivity contribution in [1.29, 1.82) is 0 Å². The number of carbonyl (C=O) groups excluding carboxylic acids is 2. The lowest BCUT2D eigenvalue weighted by atomic mass is 9.98. The van der Waals surface area contributed by atoms with E-state index in [2.05, 4.69) is 5.32 Å². The monoisotopic (exact) mass is 557 g/mol. The lowest BCUT2D eigenvalue weighted by Gasteiger charge is -2.34. The number of carboxylic acids is 1. The molecule has 0 bridgehead atoms. The number of nitrogens with zero attached hydrogens (tertiary/aromatic N) is 1. The molecular weight excluding hydrogens is 516 g/mol. The molecule has 41 heavy (non-hydrogen) atoms. The van der Waals surface area contributed by atoms with Gasteiger partial charge in [-0.25, -0.2) is 0 Å². The van der Waals surface area contributed by atoms with Crippen LogP contribution in [0.25, 0.3) is 11.1 Å². The predicted octanol–water partition coefficient (Wildman–Crippen LogP) is 6.64. The first-order valence-corrected chi connectivity index (χ1v) is 14.3. The number of benzene rings is 3. The molecule has 3 aromatic rings.